The molecule has 0 saturated carbocycles. The second kappa shape index (κ2) is 6.61. The summed E-state index contributed by atoms with van der Waals surface area (Å²) in [6, 6.07) is 6.84. The molecule has 21 heavy (non-hydrogen) atoms. The number of urea groups is 1. The van der Waals surface area contributed by atoms with Crippen molar-refractivity contribution in [3.63, 3.8) is 0 Å². The smallest absolute Gasteiger partial charge is 0.321 e. The van der Waals surface area contributed by atoms with Crippen LogP contribution in [0.25, 0.3) is 0 Å². The van der Waals surface area contributed by atoms with Gasteiger partial charge in [0.05, 0.1) is 0 Å². The van der Waals surface area contributed by atoms with E-state index < -0.39 is 0 Å². The van der Waals surface area contributed by atoms with Gasteiger partial charge in [-0.3, -0.25) is 4.79 Å². The highest BCUT2D eigenvalue weighted by molar-refractivity contribution is 5.95. The number of hydrogen-bond acceptors (Lipinski definition) is 2. The zero-order chi connectivity index (χ0) is 15.4. The standard InChI is InChI=1S/C16H23N3O2/c1-11-8-12(2)10-19(9-11)16(21)18-14-6-4-13(5-7-14)15(20)17-3/h4-7,11-12H,8-10H2,1-3H3,(H,17,20)(H,18,21)/t11-,12-/m0/s1. The van der Waals surface area contributed by atoms with Gasteiger partial charge >= 0.3 is 6.03 Å². The lowest BCUT2D eigenvalue weighted by Gasteiger charge is -2.34. The fourth-order valence-corrected chi connectivity index (χ4v) is 2.88. The Morgan fingerprint density at radius 2 is 1.67 bits per heavy atom. The summed E-state index contributed by atoms with van der Waals surface area (Å²) >= 11 is 0. The van der Waals surface area contributed by atoms with Crippen molar-refractivity contribution in [3.8, 4) is 0 Å². The maximum absolute atomic E-state index is 12.3. The summed E-state index contributed by atoms with van der Waals surface area (Å²) in [6.45, 7) is 5.95. The number of nitrogens with one attached hydrogen (secondary N) is 2. The van der Waals surface area contributed by atoms with Crippen molar-refractivity contribution in [1.82, 2.24) is 10.2 Å². The third kappa shape index (κ3) is 3.97. The van der Waals surface area contributed by atoms with E-state index in [4.69, 9.17) is 0 Å². The molecule has 0 aliphatic carbocycles. The molecule has 1 aromatic rings. The Morgan fingerprint density at radius 1 is 1.10 bits per heavy atom. The van der Waals surface area contributed by atoms with E-state index in [9.17, 15) is 9.59 Å². The minimum Gasteiger partial charge on any atom is -0.355 e. The summed E-state index contributed by atoms with van der Waals surface area (Å²) in [6.07, 6.45) is 1.17. The zero-order valence-corrected chi connectivity index (χ0v) is 12.8. The van der Waals surface area contributed by atoms with E-state index in [1.807, 2.05) is 4.90 Å². The molecular weight excluding hydrogens is 266 g/mol. The van der Waals surface area contributed by atoms with Gasteiger partial charge in [0.25, 0.3) is 5.91 Å². The third-order valence-electron chi connectivity index (χ3n) is 3.78. The molecule has 1 heterocycles. The molecule has 5 nitrogen and oxygen atoms in total. The first-order valence-corrected chi connectivity index (χ1v) is 7.37. The number of hydrogen-bond donors (Lipinski definition) is 2. The fraction of sp³-hybridized carbons (Fsp3) is 0.500. The van der Waals surface area contributed by atoms with Crippen LogP contribution in [0.1, 0.15) is 30.6 Å². The molecule has 0 bridgehead atoms. The van der Waals surface area contributed by atoms with Crippen LogP contribution in [0, 0.1) is 11.8 Å². The molecule has 1 aliphatic heterocycles. The first kappa shape index (κ1) is 15.4. The van der Waals surface area contributed by atoms with E-state index in [0.29, 0.717) is 23.1 Å². The van der Waals surface area contributed by atoms with Gasteiger partial charge in [0.2, 0.25) is 0 Å². The number of benzene rings is 1. The van der Waals surface area contributed by atoms with Crippen molar-refractivity contribution in [2.75, 3.05) is 25.5 Å². The van der Waals surface area contributed by atoms with Crippen LogP contribution in [-0.4, -0.2) is 37.0 Å². The van der Waals surface area contributed by atoms with Crippen molar-refractivity contribution in [2.24, 2.45) is 11.8 Å². The van der Waals surface area contributed by atoms with Crippen LogP contribution in [0.5, 0.6) is 0 Å². The highest BCUT2D eigenvalue weighted by Crippen LogP contribution is 2.21. The molecular formula is C16H23N3O2. The summed E-state index contributed by atoms with van der Waals surface area (Å²) in [5.74, 6) is 0.941. The predicted molar refractivity (Wildman–Crippen MR) is 83.4 cm³/mol. The highest BCUT2D eigenvalue weighted by atomic mass is 16.2. The van der Waals surface area contributed by atoms with E-state index in [1.54, 1.807) is 31.3 Å². The zero-order valence-electron chi connectivity index (χ0n) is 12.8. The van der Waals surface area contributed by atoms with Crippen molar-refractivity contribution < 1.29 is 9.59 Å². The Kier molecular flexibility index (Phi) is 4.83. The summed E-state index contributed by atoms with van der Waals surface area (Å²) < 4.78 is 0. The average Bonchev–Trinajstić information content (AvgIpc) is 2.46. The van der Waals surface area contributed by atoms with Gasteiger partial charge < -0.3 is 15.5 Å². The maximum Gasteiger partial charge on any atom is 0.321 e. The molecule has 1 fully saturated rings. The molecule has 1 aromatic carbocycles. The number of likely N-dealkylation sites (tertiary alicyclic amines) is 1. The van der Waals surface area contributed by atoms with Gasteiger partial charge in [-0.2, -0.15) is 0 Å². The Morgan fingerprint density at radius 3 is 2.19 bits per heavy atom. The molecule has 2 N–H and O–H groups in total. The molecule has 2 atom stereocenters. The number of nitrogens with zero attached hydrogens (tertiary/aromatic N) is 1. The predicted octanol–water partition coefficient (Wildman–Crippen LogP) is 2.56. The van der Waals surface area contributed by atoms with E-state index in [0.717, 1.165) is 13.1 Å². The Bertz CT molecular complexity index is 503. The Balaban J connectivity index is 1.97. The SMILES string of the molecule is CNC(=O)c1ccc(NC(=O)N2C[C@@H](C)C[C@H](C)C2)cc1. The van der Waals surface area contributed by atoms with Gasteiger partial charge in [-0.15, -0.1) is 0 Å². The lowest BCUT2D eigenvalue weighted by Crippen LogP contribution is -2.44. The van der Waals surface area contributed by atoms with Crippen molar-refractivity contribution in [3.05, 3.63) is 29.8 Å². The number of carbonyl (C=O) groups is 2. The van der Waals surface area contributed by atoms with Gasteiger partial charge in [-0.1, -0.05) is 13.8 Å². The molecule has 0 radical (unpaired) electrons. The summed E-state index contributed by atoms with van der Waals surface area (Å²) in [5, 5.41) is 5.46. The van der Waals surface area contributed by atoms with Crippen LogP contribution in [0.4, 0.5) is 10.5 Å². The largest absolute Gasteiger partial charge is 0.355 e. The fourth-order valence-electron chi connectivity index (χ4n) is 2.88. The normalized spacial score (nSPS) is 21.8. The quantitative estimate of drug-likeness (QED) is 0.879. The van der Waals surface area contributed by atoms with E-state index in [-0.39, 0.29) is 11.9 Å². The van der Waals surface area contributed by atoms with Gasteiger partial charge in [0.1, 0.15) is 0 Å². The molecule has 2 rings (SSSR count). The summed E-state index contributed by atoms with van der Waals surface area (Å²) in [4.78, 5) is 25.6. The number of anilines is 1. The Labute approximate surface area is 125 Å². The van der Waals surface area contributed by atoms with Gasteiger partial charge in [0, 0.05) is 31.4 Å². The van der Waals surface area contributed by atoms with Crippen LogP contribution in [0.15, 0.2) is 24.3 Å². The van der Waals surface area contributed by atoms with Crippen molar-refractivity contribution >= 4 is 17.6 Å². The number of amides is 3. The van der Waals surface area contributed by atoms with Crippen LogP contribution >= 0.6 is 0 Å². The van der Waals surface area contributed by atoms with Crippen LogP contribution in [0.2, 0.25) is 0 Å². The second-order valence-corrected chi connectivity index (χ2v) is 5.94. The number of piperidine rings is 1. The molecule has 3 amide bonds. The molecule has 1 aliphatic rings. The van der Waals surface area contributed by atoms with Gasteiger partial charge in [-0.25, -0.2) is 4.79 Å². The molecule has 0 aromatic heterocycles. The van der Waals surface area contributed by atoms with Crippen molar-refractivity contribution in [1.29, 1.82) is 0 Å². The topological polar surface area (TPSA) is 61.4 Å². The first-order chi connectivity index (χ1) is 9.99. The minimum absolute atomic E-state index is 0.0684. The first-order valence-electron chi connectivity index (χ1n) is 7.37. The molecule has 0 unspecified atom stereocenters. The lowest BCUT2D eigenvalue weighted by atomic mass is 9.92. The van der Waals surface area contributed by atoms with Crippen LogP contribution in [0.3, 0.4) is 0 Å². The highest BCUT2D eigenvalue weighted by Gasteiger charge is 2.25. The maximum atomic E-state index is 12.3. The van der Waals surface area contributed by atoms with E-state index >= 15 is 0 Å². The average molecular weight is 289 g/mol. The molecule has 1 saturated heterocycles. The van der Waals surface area contributed by atoms with Crippen LogP contribution in [-0.2, 0) is 0 Å². The monoisotopic (exact) mass is 289 g/mol. The van der Waals surface area contributed by atoms with Gasteiger partial charge in [-0.05, 0) is 42.5 Å². The summed E-state index contributed by atoms with van der Waals surface area (Å²) in [5.41, 5.74) is 1.29. The number of carbonyl (C=O) groups excluding carboxylic acids is 2. The third-order valence-corrected chi connectivity index (χ3v) is 3.78. The van der Waals surface area contributed by atoms with Crippen molar-refractivity contribution in [2.45, 2.75) is 20.3 Å². The number of rotatable bonds is 2. The molecule has 5 heteroatoms. The molecule has 0 spiro atoms. The Hall–Kier alpha value is -2.04. The minimum atomic E-state index is -0.133. The summed E-state index contributed by atoms with van der Waals surface area (Å²) in [7, 11) is 1.59. The lowest BCUT2D eigenvalue weighted by molar-refractivity contribution is 0.0963. The van der Waals surface area contributed by atoms with E-state index in [2.05, 4.69) is 24.5 Å². The second-order valence-electron chi connectivity index (χ2n) is 5.94. The van der Waals surface area contributed by atoms with Gasteiger partial charge in [0.15, 0.2) is 0 Å². The van der Waals surface area contributed by atoms with E-state index in [1.165, 1.54) is 6.42 Å². The van der Waals surface area contributed by atoms with Crippen LogP contribution < -0.4 is 10.6 Å². The molecule has 114 valence electrons.